The summed E-state index contributed by atoms with van der Waals surface area (Å²) in [6.07, 6.45) is 1.65. The van der Waals surface area contributed by atoms with Crippen LogP contribution in [-0.2, 0) is 4.79 Å². The summed E-state index contributed by atoms with van der Waals surface area (Å²) in [7, 11) is 0. The van der Waals surface area contributed by atoms with Crippen molar-refractivity contribution >= 4 is 11.6 Å². The molecule has 1 heterocycles. The Morgan fingerprint density at radius 1 is 1.15 bits per heavy atom. The fraction of sp³-hybridized carbons (Fsp3) is 0.286. The first-order chi connectivity index (χ1) is 13.1. The maximum Gasteiger partial charge on any atom is 0.265 e. The van der Waals surface area contributed by atoms with Gasteiger partial charge in [0.25, 0.3) is 5.91 Å². The number of rotatable bonds is 7. The molecule has 0 fully saturated rings. The van der Waals surface area contributed by atoms with E-state index in [1.165, 1.54) is 6.39 Å². The molecule has 0 aliphatic rings. The van der Waals surface area contributed by atoms with Crippen LogP contribution in [0.25, 0.3) is 11.5 Å². The van der Waals surface area contributed by atoms with Gasteiger partial charge in [0.05, 0.1) is 0 Å². The highest BCUT2D eigenvalue weighted by atomic mass is 16.5. The third-order valence-corrected chi connectivity index (χ3v) is 4.51. The highest BCUT2D eigenvalue weighted by molar-refractivity contribution is 5.94. The van der Waals surface area contributed by atoms with Crippen molar-refractivity contribution in [2.75, 3.05) is 5.32 Å². The predicted octanol–water partition coefficient (Wildman–Crippen LogP) is 4.66. The molecular weight excluding hydrogens is 342 g/mol. The normalized spacial score (nSPS) is 13.0. The molecule has 3 aromatic rings. The van der Waals surface area contributed by atoms with Crippen LogP contribution in [0.15, 0.2) is 59.3 Å². The molecule has 1 N–H and O–H groups in total. The van der Waals surface area contributed by atoms with Crippen molar-refractivity contribution < 1.29 is 13.9 Å². The molecule has 0 radical (unpaired) electrons. The number of benzene rings is 2. The summed E-state index contributed by atoms with van der Waals surface area (Å²) >= 11 is 0. The maximum atomic E-state index is 12.6. The van der Waals surface area contributed by atoms with Crippen molar-refractivity contribution in [2.45, 2.75) is 39.2 Å². The van der Waals surface area contributed by atoms with Gasteiger partial charge in [0.2, 0.25) is 12.3 Å². The second-order valence-corrected chi connectivity index (χ2v) is 6.41. The van der Waals surface area contributed by atoms with E-state index >= 15 is 0 Å². The number of aromatic nitrogens is 2. The Morgan fingerprint density at radius 2 is 1.89 bits per heavy atom. The van der Waals surface area contributed by atoms with Crippen molar-refractivity contribution in [1.29, 1.82) is 0 Å². The third-order valence-electron chi connectivity index (χ3n) is 4.51. The second-order valence-electron chi connectivity index (χ2n) is 6.41. The fourth-order valence-corrected chi connectivity index (χ4v) is 2.73. The van der Waals surface area contributed by atoms with E-state index in [0.717, 1.165) is 23.2 Å². The Labute approximate surface area is 158 Å². The van der Waals surface area contributed by atoms with Crippen LogP contribution in [0.2, 0.25) is 0 Å². The molecule has 2 aromatic carbocycles. The second kappa shape index (κ2) is 8.49. The number of hydrogen-bond acceptors (Lipinski definition) is 5. The first-order valence-corrected chi connectivity index (χ1v) is 9.01. The summed E-state index contributed by atoms with van der Waals surface area (Å²) in [5, 5.41) is 10.5. The number of nitrogens with zero attached hydrogens (tertiary/aromatic N) is 2. The molecule has 0 aliphatic carbocycles. The first kappa shape index (κ1) is 18.6. The van der Waals surface area contributed by atoms with Gasteiger partial charge >= 0.3 is 0 Å². The number of para-hydroxylation sites is 1. The minimum Gasteiger partial charge on any atom is -0.481 e. The van der Waals surface area contributed by atoms with Gasteiger partial charge in [-0.3, -0.25) is 4.79 Å². The topological polar surface area (TPSA) is 77.2 Å². The molecule has 0 aliphatic heterocycles. The molecular formula is C21H23N3O3. The standard InChI is InChI=1S/C21H23N3O3/c1-4-14(2)18-7-5-6-8-19(18)23-20(25)15(3)27-17-11-9-16(10-12-17)21-24-22-13-26-21/h5-15H,4H2,1-3H3,(H,23,25)/t14-,15+/m0/s1. The molecule has 0 saturated heterocycles. The largest absolute Gasteiger partial charge is 0.481 e. The highest BCUT2D eigenvalue weighted by Crippen LogP contribution is 2.27. The van der Waals surface area contributed by atoms with Gasteiger partial charge in [-0.2, -0.15) is 0 Å². The van der Waals surface area contributed by atoms with Crippen LogP contribution in [0.3, 0.4) is 0 Å². The Kier molecular flexibility index (Phi) is 5.86. The Hall–Kier alpha value is -3.15. The van der Waals surface area contributed by atoms with Crippen LogP contribution in [-0.4, -0.2) is 22.2 Å². The maximum absolute atomic E-state index is 12.6. The molecule has 0 unspecified atom stereocenters. The number of amides is 1. The van der Waals surface area contributed by atoms with Crippen LogP contribution in [0.4, 0.5) is 5.69 Å². The zero-order valence-corrected chi connectivity index (χ0v) is 15.7. The highest BCUT2D eigenvalue weighted by Gasteiger charge is 2.17. The van der Waals surface area contributed by atoms with Crippen molar-refractivity contribution in [3.63, 3.8) is 0 Å². The summed E-state index contributed by atoms with van der Waals surface area (Å²) in [6.45, 7) is 6.01. The van der Waals surface area contributed by atoms with E-state index in [4.69, 9.17) is 9.15 Å². The lowest BCUT2D eigenvalue weighted by atomic mass is 9.97. The summed E-state index contributed by atoms with van der Waals surface area (Å²) in [4.78, 5) is 12.6. The van der Waals surface area contributed by atoms with Gasteiger partial charge in [-0.05, 0) is 55.2 Å². The van der Waals surface area contributed by atoms with Crippen LogP contribution < -0.4 is 10.1 Å². The molecule has 1 amide bonds. The summed E-state index contributed by atoms with van der Waals surface area (Å²) in [5.74, 6) is 1.21. The Bertz CT molecular complexity index is 876. The van der Waals surface area contributed by atoms with E-state index in [-0.39, 0.29) is 5.91 Å². The van der Waals surface area contributed by atoms with Crippen molar-refractivity contribution in [2.24, 2.45) is 0 Å². The summed E-state index contributed by atoms with van der Waals surface area (Å²) in [5.41, 5.74) is 2.75. The Morgan fingerprint density at radius 3 is 2.56 bits per heavy atom. The minimum atomic E-state index is -0.635. The molecule has 6 nitrogen and oxygen atoms in total. The lowest BCUT2D eigenvalue weighted by Crippen LogP contribution is -2.30. The first-order valence-electron chi connectivity index (χ1n) is 9.01. The average Bonchev–Trinajstić information content (AvgIpc) is 3.23. The molecule has 2 atom stereocenters. The smallest absolute Gasteiger partial charge is 0.265 e. The number of carbonyl (C=O) groups is 1. The zero-order valence-electron chi connectivity index (χ0n) is 15.7. The fourth-order valence-electron chi connectivity index (χ4n) is 2.73. The number of nitrogens with one attached hydrogen (secondary N) is 1. The van der Waals surface area contributed by atoms with E-state index in [9.17, 15) is 4.79 Å². The van der Waals surface area contributed by atoms with Gasteiger partial charge in [-0.15, -0.1) is 10.2 Å². The van der Waals surface area contributed by atoms with E-state index in [1.807, 2.05) is 36.4 Å². The molecule has 0 bridgehead atoms. The van der Waals surface area contributed by atoms with Crippen LogP contribution >= 0.6 is 0 Å². The van der Waals surface area contributed by atoms with Gasteiger partial charge in [-0.1, -0.05) is 32.0 Å². The van der Waals surface area contributed by atoms with Crippen molar-refractivity contribution in [3.8, 4) is 17.2 Å². The van der Waals surface area contributed by atoms with Crippen LogP contribution in [0.5, 0.6) is 5.75 Å². The predicted molar refractivity (Wildman–Crippen MR) is 104 cm³/mol. The molecule has 3 rings (SSSR count). The summed E-state index contributed by atoms with van der Waals surface area (Å²) in [6, 6.07) is 15.0. The third kappa shape index (κ3) is 4.53. The lowest BCUT2D eigenvalue weighted by molar-refractivity contribution is -0.122. The number of anilines is 1. The quantitative estimate of drug-likeness (QED) is 0.659. The number of ether oxygens (including phenoxy) is 1. The van der Waals surface area contributed by atoms with Gasteiger partial charge in [0, 0.05) is 11.3 Å². The van der Waals surface area contributed by atoms with Crippen LogP contribution in [0.1, 0.15) is 38.7 Å². The van der Waals surface area contributed by atoms with E-state index in [2.05, 4.69) is 29.4 Å². The molecule has 0 spiro atoms. The lowest BCUT2D eigenvalue weighted by Gasteiger charge is -2.18. The molecule has 1 aromatic heterocycles. The van der Waals surface area contributed by atoms with Gasteiger partial charge in [0.15, 0.2) is 6.10 Å². The van der Waals surface area contributed by atoms with E-state index in [1.54, 1.807) is 19.1 Å². The average molecular weight is 365 g/mol. The SMILES string of the molecule is CC[C@H](C)c1ccccc1NC(=O)[C@@H](C)Oc1ccc(-c2nnco2)cc1. The van der Waals surface area contributed by atoms with Crippen LogP contribution in [0, 0.1) is 0 Å². The number of carbonyl (C=O) groups excluding carboxylic acids is 1. The van der Waals surface area contributed by atoms with Gasteiger partial charge in [-0.25, -0.2) is 0 Å². The van der Waals surface area contributed by atoms with E-state index in [0.29, 0.717) is 17.6 Å². The number of hydrogen-bond donors (Lipinski definition) is 1. The Balaban J connectivity index is 1.64. The monoisotopic (exact) mass is 365 g/mol. The van der Waals surface area contributed by atoms with Gasteiger partial charge in [0.1, 0.15) is 5.75 Å². The molecule has 0 saturated carbocycles. The summed E-state index contributed by atoms with van der Waals surface area (Å²) < 4.78 is 10.9. The van der Waals surface area contributed by atoms with E-state index < -0.39 is 6.10 Å². The van der Waals surface area contributed by atoms with Crippen molar-refractivity contribution in [1.82, 2.24) is 10.2 Å². The van der Waals surface area contributed by atoms with Crippen molar-refractivity contribution in [3.05, 3.63) is 60.5 Å². The molecule has 6 heteroatoms. The van der Waals surface area contributed by atoms with Gasteiger partial charge < -0.3 is 14.5 Å². The molecule has 27 heavy (non-hydrogen) atoms. The minimum absolute atomic E-state index is 0.188. The molecule has 140 valence electrons. The zero-order chi connectivity index (χ0) is 19.2.